The van der Waals surface area contributed by atoms with Crippen molar-refractivity contribution in [3.8, 4) is 28.6 Å². The molecule has 0 radical (unpaired) electrons. The number of benzene rings is 2. The molecule has 7 nitrogen and oxygen atoms in total. The lowest BCUT2D eigenvalue weighted by Crippen LogP contribution is -2.25. The minimum absolute atomic E-state index is 0.0277. The van der Waals surface area contributed by atoms with Crippen LogP contribution in [0.15, 0.2) is 47.0 Å². The number of halogens is 1. The maximum Gasteiger partial charge on any atom is 0.303 e. The molecule has 1 fully saturated rings. The molecular formula is C24H24FNO6. The Morgan fingerprint density at radius 3 is 2.78 bits per heavy atom. The topological polar surface area (TPSA) is 91.0 Å². The number of methoxy groups -OCH3 is 1. The van der Waals surface area contributed by atoms with Gasteiger partial charge in [0.2, 0.25) is 5.76 Å². The molecule has 0 atom stereocenters. The van der Waals surface area contributed by atoms with Crippen LogP contribution in [0.4, 0.5) is 4.39 Å². The molecule has 1 aliphatic carbocycles. The van der Waals surface area contributed by atoms with Gasteiger partial charge >= 0.3 is 5.97 Å². The first-order valence-corrected chi connectivity index (χ1v) is 10.5. The molecule has 1 heterocycles. The van der Waals surface area contributed by atoms with Gasteiger partial charge in [-0.3, -0.25) is 4.79 Å². The minimum atomic E-state index is -0.853. The predicted octanol–water partition coefficient (Wildman–Crippen LogP) is 5.02. The van der Waals surface area contributed by atoms with Crippen LogP contribution < -0.4 is 14.2 Å². The molecule has 4 rings (SSSR count). The van der Waals surface area contributed by atoms with E-state index in [2.05, 4.69) is 5.16 Å². The van der Waals surface area contributed by atoms with E-state index in [0.717, 1.165) is 24.8 Å². The maximum absolute atomic E-state index is 14.6. The number of nitrogens with zero attached hydrogens (tertiary/aromatic N) is 1. The van der Waals surface area contributed by atoms with Crippen LogP contribution >= 0.6 is 0 Å². The summed E-state index contributed by atoms with van der Waals surface area (Å²) >= 11 is 0. The first-order chi connectivity index (χ1) is 15.5. The smallest absolute Gasteiger partial charge is 0.303 e. The van der Waals surface area contributed by atoms with Crippen LogP contribution in [0.3, 0.4) is 0 Å². The van der Waals surface area contributed by atoms with E-state index in [1.807, 2.05) is 6.07 Å². The second-order valence-corrected chi connectivity index (χ2v) is 7.63. The highest BCUT2D eigenvalue weighted by molar-refractivity contribution is 5.68. The molecule has 32 heavy (non-hydrogen) atoms. The van der Waals surface area contributed by atoms with Crippen molar-refractivity contribution in [2.45, 2.75) is 44.8 Å². The predicted molar refractivity (Wildman–Crippen MR) is 113 cm³/mol. The number of carboxylic acid groups (broad SMARTS) is 1. The van der Waals surface area contributed by atoms with Crippen molar-refractivity contribution in [3.63, 3.8) is 0 Å². The molecule has 0 amide bonds. The van der Waals surface area contributed by atoms with E-state index >= 15 is 0 Å². The van der Waals surface area contributed by atoms with Gasteiger partial charge in [0.15, 0.2) is 11.4 Å². The lowest BCUT2D eigenvalue weighted by atomic mass is 9.96. The Morgan fingerprint density at radius 1 is 1.22 bits per heavy atom. The highest BCUT2D eigenvalue weighted by atomic mass is 19.1. The Hall–Kier alpha value is -3.55. The van der Waals surface area contributed by atoms with Crippen molar-refractivity contribution in [2.24, 2.45) is 0 Å². The van der Waals surface area contributed by atoms with Gasteiger partial charge < -0.3 is 23.8 Å². The highest BCUT2D eigenvalue weighted by Gasteiger charge is 2.28. The van der Waals surface area contributed by atoms with E-state index in [-0.39, 0.29) is 30.5 Å². The van der Waals surface area contributed by atoms with Gasteiger partial charge in [-0.05, 0) is 61.6 Å². The zero-order valence-electron chi connectivity index (χ0n) is 17.7. The lowest BCUT2D eigenvalue weighted by molar-refractivity contribution is -0.136. The number of hydrogen-bond acceptors (Lipinski definition) is 6. The molecule has 8 heteroatoms. The van der Waals surface area contributed by atoms with E-state index < -0.39 is 11.8 Å². The molecule has 2 aromatic carbocycles. The van der Waals surface area contributed by atoms with E-state index in [1.165, 1.54) is 19.2 Å². The van der Waals surface area contributed by atoms with E-state index in [9.17, 15) is 9.18 Å². The number of aryl methyl sites for hydroxylation is 1. The van der Waals surface area contributed by atoms with Crippen molar-refractivity contribution in [3.05, 3.63) is 59.5 Å². The first-order valence-electron chi connectivity index (χ1n) is 10.5. The minimum Gasteiger partial charge on any atom is -0.497 e. The monoisotopic (exact) mass is 441 g/mol. The molecular weight excluding hydrogens is 417 g/mol. The molecule has 0 saturated heterocycles. The number of aromatic nitrogens is 1. The molecule has 0 spiro atoms. The molecule has 0 unspecified atom stereocenters. The largest absolute Gasteiger partial charge is 0.497 e. The van der Waals surface area contributed by atoms with Crippen molar-refractivity contribution in [1.29, 1.82) is 0 Å². The summed E-state index contributed by atoms with van der Waals surface area (Å²) in [5, 5.41) is 13.0. The second kappa shape index (κ2) is 9.72. The zero-order chi connectivity index (χ0) is 22.5. The van der Waals surface area contributed by atoms with Gasteiger partial charge in [-0.15, -0.1) is 0 Å². The summed E-state index contributed by atoms with van der Waals surface area (Å²) in [5.74, 6) is 0.293. The number of hydrogen-bond donors (Lipinski definition) is 1. The normalized spacial score (nSPS) is 13.4. The number of ether oxygens (including phenoxy) is 3. The summed E-state index contributed by atoms with van der Waals surface area (Å²) in [4.78, 5) is 10.8. The van der Waals surface area contributed by atoms with E-state index in [1.54, 1.807) is 24.3 Å². The third-order valence-corrected chi connectivity index (χ3v) is 5.37. The van der Waals surface area contributed by atoms with E-state index in [0.29, 0.717) is 29.4 Å². The molecule has 1 aromatic heterocycles. The number of carbonyl (C=O) groups is 1. The number of rotatable bonds is 10. The summed E-state index contributed by atoms with van der Waals surface area (Å²) in [5.41, 5.74) is 1.48. The standard InChI is InChI=1S/C24H24FNO6/c1-29-17-9-10-20(25)19(13-17)23-24(31-16-5-3-6-16)21(26-32-23)14-30-18-7-2-4-15(12-18)8-11-22(27)28/h2,4,7,9-10,12-13,16H,3,5-6,8,11,14H2,1H3,(H,27,28). The molecule has 1 aliphatic rings. The summed E-state index contributed by atoms with van der Waals surface area (Å²) in [6, 6.07) is 11.6. The average Bonchev–Trinajstić information content (AvgIpc) is 3.16. The molecule has 0 bridgehead atoms. The van der Waals surface area contributed by atoms with Crippen LogP contribution in [0.25, 0.3) is 11.3 Å². The van der Waals surface area contributed by atoms with Gasteiger partial charge in [0.1, 0.15) is 23.9 Å². The quantitative estimate of drug-likeness (QED) is 0.472. The fourth-order valence-electron chi connectivity index (χ4n) is 3.35. The Labute approximate surface area is 184 Å². The van der Waals surface area contributed by atoms with Gasteiger partial charge in [-0.25, -0.2) is 4.39 Å². The van der Waals surface area contributed by atoms with Crippen LogP contribution in [0.1, 0.15) is 36.9 Å². The first kappa shape index (κ1) is 21.7. The summed E-state index contributed by atoms with van der Waals surface area (Å²) in [6.45, 7) is 0.0551. The third kappa shape index (κ3) is 5.01. The Balaban J connectivity index is 1.56. The fraction of sp³-hybridized carbons (Fsp3) is 0.333. The maximum atomic E-state index is 14.6. The Bertz CT molecular complexity index is 1090. The molecule has 168 valence electrons. The van der Waals surface area contributed by atoms with Gasteiger partial charge in [0, 0.05) is 6.42 Å². The average molecular weight is 441 g/mol. The second-order valence-electron chi connectivity index (χ2n) is 7.63. The summed E-state index contributed by atoms with van der Waals surface area (Å²) in [6.07, 6.45) is 3.38. The molecule has 3 aromatic rings. The van der Waals surface area contributed by atoms with Gasteiger partial charge in [0.05, 0.1) is 18.8 Å². The SMILES string of the molecule is COc1ccc(F)c(-c2onc(COc3cccc(CCC(=O)O)c3)c2OC2CCC2)c1. The van der Waals surface area contributed by atoms with Gasteiger partial charge in [-0.2, -0.15) is 0 Å². The van der Waals surface area contributed by atoms with Crippen LogP contribution in [-0.2, 0) is 17.8 Å². The summed E-state index contributed by atoms with van der Waals surface area (Å²) in [7, 11) is 1.51. The van der Waals surface area contributed by atoms with Crippen molar-refractivity contribution in [2.75, 3.05) is 7.11 Å². The molecule has 1 N–H and O–H groups in total. The lowest BCUT2D eigenvalue weighted by Gasteiger charge is -2.26. The zero-order valence-corrected chi connectivity index (χ0v) is 17.7. The number of carboxylic acids is 1. The highest BCUT2D eigenvalue weighted by Crippen LogP contribution is 2.39. The van der Waals surface area contributed by atoms with Crippen LogP contribution in [0.2, 0.25) is 0 Å². The van der Waals surface area contributed by atoms with E-state index in [4.69, 9.17) is 23.8 Å². The molecule has 1 saturated carbocycles. The van der Waals surface area contributed by atoms with Gasteiger partial charge in [-0.1, -0.05) is 17.3 Å². The summed E-state index contributed by atoms with van der Waals surface area (Å²) < 4.78 is 37.2. The number of aliphatic carboxylic acids is 1. The van der Waals surface area contributed by atoms with Crippen molar-refractivity contribution in [1.82, 2.24) is 5.16 Å². The van der Waals surface area contributed by atoms with Crippen LogP contribution in [0.5, 0.6) is 17.2 Å². The Morgan fingerprint density at radius 2 is 2.06 bits per heavy atom. The Kier molecular flexibility index (Phi) is 6.58. The van der Waals surface area contributed by atoms with Crippen LogP contribution in [-0.4, -0.2) is 29.4 Å². The fourth-order valence-corrected chi connectivity index (χ4v) is 3.35. The van der Waals surface area contributed by atoms with Gasteiger partial charge in [0.25, 0.3) is 0 Å². The van der Waals surface area contributed by atoms with Crippen LogP contribution in [0, 0.1) is 5.82 Å². The third-order valence-electron chi connectivity index (χ3n) is 5.37. The van der Waals surface area contributed by atoms with Crippen molar-refractivity contribution < 1.29 is 33.0 Å². The van der Waals surface area contributed by atoms with Crippen molar-refractivity contribution >= 4 is 5.97 Å². The molecule has 0 aliphatic heterocycles.